The molecule has 1 aromatic heterocycles. The summed E-state index contributed by atoms with van der Waals surface area (Å²) in [6, 6.07) is 16.4. The number of nitrogens with zero attached hydrogens (tertiary/aromatic N) is 1. The first-order valence-corrected chi connectivity index (χ1v) is 8.12. The van der Waals surface area contributed by atoms with E-state index in [2.05, 4.69) is 38.4 Å². The van der Waals surface area contributed by atoms with Gasteiger partial charge in [0.15, 0.2) is 0 Å². The summed E-state index contributed by atoms with van der Waals surface area (Å²) >= 11 is 3.34. The molecule has 0 aliphatic rings. The van der Waals surface area contributed by atoms with Crippen molar-refractivity contribution in [1.29, 1.82) is 0 Å². The van der Waals surface area contributed by atoms with Gasteiger partial charge in [-0.05, 0) is 36.4 Å². The molecule has 0 bridgehead atoms. The van der Waals surface area contributed by atoms with Gasteiger partial charge < -0.3 is 10.1 Å². The monoisotopic (exact) mass is 398 g/mol. The molecule has 0 spiro atoms. The summed E-state index contributed by atoms with van der Waals surface area (Å²) in [5.41, 5.74) is 1.23. The van der Waals surface area contributed by atoms with Gasteiger partial charge in [0, 0.05) is 22.3 Å². The predicted octanol–water partition coefficient (Wildman–Crippen LogP) is 4.41. The van der Waals surface area contributed by atoms with Crippen molar-refractivity contribution >= 4 is 27.5 Å². The van der Waals surface area contributed by atoms with Gasteiger partial charge in [-0.25, -0.2) is 4.39 Å². The number of benzene rings is 1. The fourth-order valence-corrected chi connectivity index (χ4v) is 2.46. The molecule has 2 aromatic carbocycles. The zero-order valence-corrected chi connectivity index (χ0v) is 14.5. The fourth-order valence-electron chi connectivity index (χ4n) is 2.10. The number of ether oxygens (including phenoxy) is 1. The Hall–Kier alpha value is -2.91. The van der Waals surface area contributed by atoms with Gasteiger partial charge in [-0.2, -0.15) is 0 Å². The molecule has 0 aliphatic heterocycles. The lowest BCUT2D eigenvalue weighted by atomic mass is 10.2. The molecule has 0 saturated heterocycles. The number of carbonyl (C=O) groups is 1. The Morgan fingerprint density at radius 1 is 1.28 bits per heavy atom. The molecular weight excluding hydrogens is 387 g/mol. The van der Waals surface area contributed by atoms with E-state index < -0.39 is 5.82 Å². The van der Waals surface area contributed by atoms with E-state index in [1.165, 1.54) is 12.1 Å². The van der Waals surface area contributed by atoms with Gasteiger partial charge in [-0.15, -0.1) is 0 Å². The van der Waals surface area contributed by atoms with E-state index >= 15 is 0 Å². The third kappa shape index (κ3) is 4.34. The Balaban J connectivity index is 1.80. The lowest BCUT2D eigenvalue weighted by molar-refractivity contribution is 0.102. The maximum atomic E-state index is 13.7. The van der Waals surface area contributed by atoms with E-state index in [-0.39, 0.29) is 12.5 Å². The molecule has 0 saturated carbocycles. The highest BCUT2D eigenvalue weighted by Gasteiger charge is 2.14. The number of hydrogen-bond donors (Lipinski definition) is 1. The molecule has 0 fully saturated rings. The zero-order valence-electron chi connectivity index (χ0n) is 12.9. The van der Waals surface area contributed by atoms with Crippen LogP contribution >= 0.6 is 15.9 Å². The van der Waals surface area contributed by atoms with Crippen molar-refractivity contribution in [1.82, 2.24) is 4.98 Å². The van der Waals surface area contributed by atoms with Crippen molar-refractivity contribution < 1.29 is 13.9 Å². The predicted molar refractivity (Wildman–Crippen MR) is 94.7 cm³/mol. The van der Waals surface area contributed by atoms with Crippen molar-refractivity contribution in [2.75, 3.05) is 5.32 Å². The first kappa shape index (κ1) is 16.9. The van der Waals surface area contributed by atoms with Crippen LogP contribution in [0.4, 0.5) is 10.1 Å². The van der Waals surface area contributed by atoms with E-state index in [9.17, 15) is 9.18 Å². The second kappa shape index (κ2) is 7.77. The molecule has 6 heteroatoms. The fraction of sp³-hybridized carbons (Fsp3) is 0.0526. The van der Waals surface area contributed by atoms with Crippen LogP contribution in [0.15, 0.2) is 59.3 Å². The van der Waals surface area contributed by atoms with Crippen LogP contribution in [0.2, 0.25) is 0 Å². The molecule has 0 radical (unpaired) electrons. The van der Waals surface area contributed by atoms with Crippen LogP contribution in [-0.2, 0) is 6.61 Å². The average Bonchev–Trinajstić information content (AvgIpc) is 2.62. The zero-order chi connectivity index (χ0) is 17.6. The maximum Gasteiger partial charge on any atom is 0.259 e. The van der Waals surface area contributed by atoms with Crippen LogP contribution in [0.5, 0.6) is 5.75 Å². The molecule has 124 valence electrons. The molecule has 1 amide bonds. The highest BCUT2D eigenvalue weighted by atomic mass is 79.9. The molecule has 1 N–H and O–H groups in total. The first-order chi connectivity index (χ1) is 12.1. The largest absolute Gasteiger partial charge is 0.488 e. The van der Waals surface area contributed by atoms with Gasteiger partial charge >= 0.3 is 0 Å². The minimum atomic E-state index is -0.433. The van der Waals surface area contributed by atoms with Crippen molar-refractivity contribution in [2.24, 2.45) is 0 Å². The van der Waals surface area contributed by atoms with Gasteiger partial charge in [0.25, 0.3) is 5.91 Å². The third-order valence-electron chi connectivity index (χ3n) is 3.32. The summed E-state index contributed by atoms with van der Waals surface area (Å²) in [5.74, 6) is -0.438. The normalized spacial score (nSPS) is 10.0. The number of anilines is 1. The number of carbonyl (C=O) groups excluding carboxylic acids is 1. The summed E-state index contributed by atoms with van der Waals surface area (Å²) in [7, 11) is 0. The van der Waals surface area contributed by atoms with Gasteiger partial charge in [0.1, 0.15) is 18.2 Å². The lowest BCUT2D eigenvalue weighted by Gasteiger charge is -2.12. The van der Waals surface area contributed by atoms with Crippen LogP contribution in [0.3, 0.4) is 0 Å². The first-order valence-electron chi connectivity index (χ1n) is 7.33. The standard InChI is InChI=1S/C19H12BrFN2O2/c20-14-7-8-18(25-12-13-4-1-2-6-17(13)21)16(10-14)19(24)23-15-5-3-9-22-11-15/h3-11H,12H2,(H,23,24). The summed E-state index contributed by atoms with van der Waals surface area (Å²) in [6.07, 6.45) is 3.16. The van der Waals surface area contributed by atoms with E-state index in [0.29, 0.717) is 22.6 Å². The van der Waals surface area contributed by atoms with Crippen molar-refractivity contribution in [3.05, 3.63) is 88.4 Å². The lowest BCUT2D eigenvalue weighted by Crippen LogP contribution is -2.14. The van der Waals surface area contributed by atoms with E-state index in [4.69, 9.17) is 4.74 Å². The van der Waals surface area contributed by atoms with E-state index in [1.54, 1.807) is 42.7 Å². The Bertz CT molecular complexity index is 888. The molecule has 3 rings (SSSR count). The Morgan fingerprint density at radius 3 is 2.88 bits per heavy atom. The number of aromatic nitrogens is 1. The number of rotatable bonds is 5. The number of halogens is 2. The quantitative estimate of drug-likeness (QED) is 0.692. The minimum Gasteiger partial charge on any atom is -0.488 e. The summed E-state index contributed by atoms with van der Waals surface area (Å²) in [6.45, 7) is -0.0220. The smallest absolute Gasteiger partial charge is 0.259 e. The van der Waals surface area contributed by atoms with Crippen molar-refractivity contribution in [3.8, 4) is 5.75 Å². The molecule has 4 nitrogen and oxygen atoms in total. The van der Waals surface area contributed by atoms with Crippen molar-refractivity contribution in [3.63, 3.8) is 0 Å². The van der Waals surface area contributed by atoms with Crippen LogP contribution < -0.4 is 10.1 Å². The Labute approximate surface area is 152 Å². The molecule has 25 heavy (non-hydrogen) atoms. The van der Waals surface area contributed by atoms with Crippen LogP contribution in [0, 0.1) is 17.9 Å². The highest BCUT2D eigenvalue weighted by Crippen LogP contribution is 2.25. The number of nitrogens with one attached hydrogen (secondary N) is 1. The van der Waals surface area contributed by atoms with Crippen LogP contribution in [0.1, 0.15) is 15.9 Å². The van der Waals surface area contributed by atoms with Crippen LogP contribution in [0.25, 0.3) is 0 Å². The molecule has 0 atom stereocenters. The number of pyridine rings is 1. The highest BCUT2D eigenvalue weighted by molar-refractivity contribution is 9.10. The third-order valence-corrected chi connectivity index (χ3v) is 3.82. The van der Waals surface area contributed by atoms with E-state index in [0.717, 1.165) is 4.47 Å². The summed E-state index contributed by atoms with van der Waals surface area (Å²) < 4.78 is 20.1. The Kier molecular flexibility index (Phi) is 5.26. The second-order valence-electron chi connectivity index (χ2n) is 5.08. The molecule has 1 heterocycles. The average molecular weight is 399 g/mol. The Morgan fingerprint density at radius 2 is 2.12 bits per heavy atom. The van der Waals surface area contributed by atoms with E-state index in [1.807, 2.05) is 0 Å². The SMILES string of the molecule is O=C(Nc1cccnc1)c1cc(Br)ccc1OCc1cc#ccc1F. The van der Waals surface area contributed by atoms with Crippen molar-refractivity contribution in [2.45, 2.75) is 6.61 Å². The topological polar surface area (TPSA) is 51.2 Å². The summed E-state index contributed by atoms with van der Waals surface area (Å²) in [5, 5.41) is 2.75. The molecular formula is C19H12BrFN2O2. The van der Waals surface area contributed by atoms with Gasteiger partial charge in [0.2, 0.25) is 0 Å². The molecule has 0 aliphatic carbocycles. The molecule has 3 aromatic rings. The molecule has 0 unspecified atom stereocenters. The minimum absolute atomic E-state index is 0.0220. The summed E-state index contributed by atoms with van der Waals surface area (Å²) in [4.78, 5) is 16.5. The number of hydrogen-bond acceptors (Lipinski definition) is 3. The van der Waals surface area contributed by atoms with Gasteiger partial charge in [-0.1, -0.05) is 28.1 Å². The number of amides is 1. The second-order valence-corrected chi connectivity index (χ2v) is 5.99. The van der Waals surface area contributed by atoms with Gasteiger partial charge in [-0.3, -0.25) is 9.78 Å². The van der Waals surface area contributed by atoms with Gasteiger partial charge in [0.05, 0.1) is 17.4 Å². The maximum absolute atomic E-state index is 13.7. The van der Waals surface area contributed by atoms with Crippen LogP contribution in [-0.4, -0.2) is 10.9 Å².